The van der Waals surface area contributed by atoms with Crippen molar-refractivity contribution in [1.29, 1.82) is 0 Å². The number of ether oxygens (including phenoxy) is 1. The third-order valence-electron chi connectivity index (χ3n) is 5.48. The van der Waals surface area contributed by atoms with Crippen molar-refractivity contribution in [2.75, 3.05) is 30.3 Å². The minimum Gasteiger partial charge on any atom is -0.480 e. The molecule has 12 heteroatoms. The number of hydrogen-bond donors (Lipinski definition) is 3. The molecular weight excluding hydrogens is 497 g/mol. The first-order valence-electron chi connectivity index (χ1n) is 10.5. The Kier molecular flexibility index (Phi) is 8.11. The van der Waals surface area contributed by atoms with Gasteiger partial charge in [0, 0.05) is 31.7 Å². The van der Waals surface area contributed by atoms with E-state index in [1.807, 2.05) is 0 Å². The lowest BCUT2D eigenvalue weighted by Crippen LogP contribution is -2.32. The van der Waals surface area contributed by atoms with Crippen LogP contribution < -0.4 is 15.4 Å². The number of aliphatic hydroxyl groups excluding tert-OH is 1. The summed E-state index contributed by atoms with van der Waals surface area (Å²) in [5.74, 6) is -3.33. The smallest absolute Gasteiger partial charge is 0.425 e. The normalized spacial score (nSPS) is 16.7. The van der Waals surface area contributed by atoms with Crippen LogP contribution in [-0.2, 0) is 0 Å². The number of nitrogens with zero attached hydrogens (tertiary/aromatic N) is 1. The Hall–Kier alpha value is -3.05. The van der Waals surface area contributed by atoms with Crippen LogP contribution in [0.2, 0.25) is 5.02 Å². The number of hydrogen-bond acceptors (Lipinski definition) is 5. The van der Waals surface area contributed by atoms with Gasteiger partial charge in [-0.1, -0.05) is 24.2 Å². The Morgan fingerprint density at radius 2 is 2.00 bits per heavy atom. The van der Waals surface area contributed by atoms with Gasteiger partial charge in [-0.2, -0.15) is 13.2 Å². The van der Waals surface area contributed by atoms with E-state index in [0.29, 0.717) is 25.6 Å². The average molecular weight is 520 g/mol. The molecule has 3 N–H and O–H groups in total. The van der Waals surface area contributed by atoms with Gasteiger partial charge < -0.3 is 25.4 Å². The van der Waals surface area contributed by atoms with Crippen LogP contribution in [0.15, 0.2) is 42.7 Å². The number of carbonyl (C=O) groups is 1. The Labute approximate surface area is 203 Å². The van der Waals surface area contributed by atoms with Crippen LogP contribution in [0.25, 0.3) is 0 Å². The molecule has 2 atom stereocenters. The van der Waals surface area contributed by atoms with E-state index in [1.54, 1.807) is 4.90 Å². The summed E-state index contributed by atoms with van der Waals surface area (Å²) < 4.78 is 73.5. The fraction of sp³-hybridized carbons (Fsp3) is 0.348. The van der Waals surface area contributed by atoms with Crippen molar-refractivity contribution >= 4 is 28.9 Å². The van der Waals surface area contributed by atoms with E-state index >= 15 is 0 Å². The van der Waals surface area contributed by atoms with E-state index in [0.717, 1.165) is 19.1 Å². The van der Waals surface area contributed by atoms with Gasteiger partial charge in [-0.15, -0.1) is 0 Å². The van der Waals surface area contributed by atoms with Crippen molar-refractivity contribution in [2.45, 2.75) is 25.6 Å². The standard InChI is InChI=1S/C23H23ClF5N3O3/c1-12(23(27,28)29)35-20-9-19(30-13(2)32-7-6-14(10-32)11-33)18(26)8-15(20)22(34)31-21-16(24)4-3-5-17(21)25/h3-5,8-9,12,14,30,33H,2,6-7,10-11H2,1H3,(H,31,34)/t12-,14?/m0/s1. The van der Waals surface area contributed by atoms with Gasteiger partial charge >= 0.3 is 6.18 Å². The summed E-state index contributed by atoms with van der Waals surface area (Å²) in [6.45, 7) is 5.51. The molecule has 35 heavy (non-hydrogen) atoms. The second kappa shape index (κ2) is 10.7. The summed E-state index contributed by atoms with van der Waals surface area (Å²) in [4.78, 5) is 14.6. The predicted octanol–water partition coefficient (Wildman–Crippen LogP) is 5.40. The van der Waals surface area contributed by atoms with Gasteiger partial charge in [-0.3, -0.25) is 4.79 Å². The van der Waals surface area contributed by atoms with Gasteiger partial charge in [-0.25, -0.2) is 8.78 Å². The number of halogens is 6. The van der Waals surface area contributed by atoms with Crippen molar-refractivity contribution in [3.8, 4) is 5.75 Å². The van der Waals surface area contributed by atoms with Crippen LogP contribution in [0, 0.1) is 17.6 Å². The molecule has 0 bridgehead atoms. The lowest BCUT2D eigenvalue weighted by Gasteiger charge is -2.24. The molecule has 0 radical (unpaired) electrons. The van der Waals surface area contributed by atoms with E-state index in [4.69, 9.17) is 16.3 Å². The molecule has 1 fully saturated rings. The van der Waals surface area contributed by atoms with Crippen LogP contribution >= 0.6 is 11.6 Å². The number of carbonyl (C=O) groups excluding carboxylic acids is 1. The maximum absolute atomic E-state index is 14.9. The lowest BCUT2D eigenvalue weighted by atomic mass is 10.1. The molecule has 6 nitrogen and oxygen atoms in total. The SMILES string of the molecule is C=C(Nc1cc(O[C@@H](C)C(F)(F)F)c(C(=O)Nc2c(F)cccc2Cl)cc1F)N1CCC(CO)C1. The minimum atomic E-state index is -4.77. The molecule has 0 aromatic heterocycles. The first-order valence-corrected chi connectivity index (χ1v) is 10.9. The summed E-state index contributed by atoms with van der Waals surface area (Å²) in [5, 5.41) is 14.0. The van der Waals surface area contributed by atoms with E-state index < -0.39 is 46.8 Å². The van der Waals surface area contributed by atoms with Crippen LogP contribution in [0.5, 0.6) is 5.75 Å². The predicted molar refractivity (Wildman–Crippen MR) is 121 cm³/mol. The van der Waals surface area contributed by atoms with Gasteiger partial charge in [-0.05, 0) is 31.5 Å². The second-order valence-corrected chi connectivity index (χ2v) is 8.44. The Balaban J connectivity index is 1.93. The largest absolute Gasteiger partial charge is 0.480 e. The summed E-state index contributed by atoms with van der Waals surface area (Å²) in [6.07, 6.45) is -6.42. The third-order valence-corrected chi connectivity index (χ3v) is 5.80. The van der Waals surface area contributed by atoms with Crippen molar-refractivity contribution in [3.05, 3.63) is 65.0 Å². The molecule has 2 aromatic rings. The number of amides is 1. The summed E-state index contributed by atoms with van der Waals surface area (Å²) in [7, 11) is 0. The molecule has 1 heterocycles. The highest BCUT2D eigenvalue weighted by Gasteiger charge is 2.39. The molecule has 1 aliphatic rings. The van der Waals surface area contributed by atoms with Crippen molar-refractivity contribution < 1.29 is 36.6 Å². The number of nitrogens with one attached hydrogen (secondary N) is 2. The van der Waals surface area contributed by atoms with Crippen molar-refractivity contribution in [1.82, 2.24) is 4.90 Å². The zero-order valence-corrected chi connectivity index (χ0v) is 19.3. The van der Waals surface area contributed by atoms with Crippen molar-refractivity contribution in [2.24, 2.45) is 5.92 Å². The highest BCUT2D eigenvalue weighted by molar-refractivity contribution is 6.34. The molecule has 0 saturated carbocycles. The third kappa shape index (κ3) is 6.34. The summed E-state index contributed by atoms with van der Waals surface area (Å²) in [5.41, 5.74) is -1.31. The molecule has 1 saturated heterocycles. The second-order valence-electron chi connectivity index (χ2n) is 8.04. The van der Waals surface area contributed by atoms with E-state index in [2.05, 4.69) is 17.2 Å². The minimum absolute atomic E-state index is 0.0150. The zero-order valence-electron chi connectivity index (χ0n) is 18.6. The van der Waals surface area contributed by atoms with Gasteiger partial charge in [0.05, 0.1) is 27.8 Å². The monoisotopic (exact) mass is 519 g/mol. The molecule has 1 amide bonds. The van der Waals surface area contributed by atoms with Gasteiger partial charge in [0.15, 0.2) is 6.10 Å². The topological polar surface area (TPSA) is 73.8 Å². The quantitative estimate of drug-likeness (QED) is 0.407. The highest BCUT2D eigenvalue weighted by Crippen LogP contribution is 2.34. The maximum Gasteiger partial charge on any atom is 0.425 e. The van der Waals surface area contributed by atoms with E-state index in [-0.39, 0.29) is 29.1 Å². The average Bonchev–Trinajstić information content (AvgIpc) is 3.27. The number of aliphatic hydroxyl groups is 1. The number of likely N-dealkylation sites (tertiary alicyclic amines) is 1. The van der Waals surface area contributed by atoms with Crippen LogP contribution in [0.4, 0.5) is 33.3 Å². The van der Waals surface area contributed by atoms with Crippen LogP contribution in [-0.4, -0.2) is 47.9 Å². The van der Waals surface area contributed by atoms with E-state index in [1.165, 1.54) is 12.1 Å². The number of rotatable bonds is 8. The lowest BCUT2D eigenvalue weighted by molar-refractivity contribution is -0.189. The fourth-order valence-electron chi connectivity index (χ4n) is 3.44. The Morgan fingerprint density at radius 3 is 2.60 bits per heavy atom. The molecule has 190 valence electrons. The fourth-order valence-corrected chi connectivity index (χ4v) is 3.65. The molecular formula is C23H23ClF5N3O3. The maximum atomic E-state index is 14.9. The number of alkyl halides is 3. The van der Waals surface area contributed by atoms with Gasteiger partial charge in [0.1, 0.15) is 17.4 Å². The Morgan fingerprint density at radius 1 is 1.29 bits per heavy atom. The first kappa shape index (κ1) is 26.6. The Bertz CT molecular complexity index is 1090. The van der Waals surface area contributed by atoms with Gasteiger partial charge in [0.25, 0.3) is 5.91 Å². The molecule has 3 rings (SSSR count). The molecule has 1 unspecified atom stereocenters. The van der Waals surface area contributed by atoms with Crippen molar-refractivity contribution in [3.63, 3.8) is 0 Å². The molecule has 0 aliphatic carbocycles. The molecule has 0 spiro atoms. The number of anilines is 2. The zero-order chi connectivity index (χ0) is 25.9. The number of benzene rings is 2. The number of para-hydroxylation sites is 1. The van der Waals surface area contributed by atoms with Gasteiger partial charge in [0.2, 0.25) is 0 Å². The van der Waals surface area contributed by atoms with Crippen LogP contribution in [0.1, 0.15) is 23.7 Å². The van der Waals surface area contributed by atoms with Crippen LogP contribution in [0.3, 0.4) is 0 Å². The highest BCUT2D eigenvalue weighted by atomic mass is 35.5. The van der Waals surface area contributed by atoms with E-state index in [9.17, 15) is 31.9 Å². The molecule has 2 aromatic carbocycles. The summed E-state index contributed by atoms with van der Waals surface area (Å²) in [6, 6.07) is 5.19. The first-order chi connectivity index (χ1) is 16.4. The summed E-state index contributed by atoms with van der Waals surface area (Å²) >= 11 is 5.89. The molecule has 1 aliphatic heterocycles.